The van der Waals surface area contributed by atoms with Crippen LogP contribution < -0.4 is 16.0 Å². The topological polar surface area (TPSA) is 71.0 Å². The summed E-state index contributed by atoms with van der Waals surface area (Å²) in [6.45, 7) is 0.800. The van der Waals surface area contributed by atoms with Gasteiger partial charge in [-0.05, 0) is 34.1 Å². The molecule has 0 radical (unpaired) electrons. The van der Waals surface area contributed by atoms with Crippen molar-refractivity contribution in [3.63, 3.8) is 0 Å². The van der Waals surface area contributed by atoms with Crippen molar-refractivity contribution in [2.75, 3.05) is 6.61 Å². The Balaban J connectivity index is 1.94. The molecule has 2 aromatic heterocycles. The Morgan fingerprint density at radius 2 is 1.92 bits per heavy atom. The number of aromatic nitrogens is 4. The van der Waals surface area contributed by atoms with Crippen LogP contribution in [0.4, 0.5) is 0 Å². The van der Waals surface area contributed by atoms with Gasteiger partial charge in [-0.25, -0.2) is 9.78 Å². The van der Waals surface area contributed by atoms with Gasteiger partial charge >= 0.3 is 5.69 Å². The Morgan fingerprint density at radius 3 is 2.62 bits per heavy atom. The van der Waals surface area contributed by atoms with Crippen molar-refractivity contribution in [2.45, 2.75) is 6.54 Å². The third-order valence-corrected chi connectivity index (χ3v) is 4.77. The lowest BCUT2D eigenvalue weighted by Crippen LogP contribution is -2.37. The minimum Gasteiger partial charge on any atom is -0.492 e. The van der Waals surface area contributed by atoms with Gasteiger partial charge in [0.15, 0.2) is 15.9 Å². The van der Waals surface area contributed by atoms with Gasteiger partial charge < -0.3 is 9.30 Å². The molecule has 3 rings (SSSR count). The number of benzene rings is 1. The summed E-state index contributed by atoms with van der Waals surface area (Å²) in [7, 11) is 3.05. The second kappa shape index (κ2) is 6.56. The highest BCUT2D eigenvalue weighted by molar-refractivity contribution is 9.10. The van der Waals surface area contributed by atoms with Gasteiger partial charge in [-0.2, -0.15) is 0 Å². The molecule has 0 aliphatic carbocycles. The number of halogens is 2. The summed E-state index contributed by atoms with van der Waals surface area (Å²) in [5.74, 6) is 0.731. The molecule has 126 valence electrons. The van der Waals surface area contributed by atoms with Gasteiger partial charge in [-0.3, -0.25) is 13.9 Å². The molecule has 0 bridgehead atoms. The van der Waals surface area contributed by atoms with Gasteiger partial charge in [0.1, 0.15) is 12.4 Å². The lowest BCUT2D eigenvalue weighted by molar-refractivity contribution is 0.298. The van der Waals surface area contributed by atoms with Crippen molar-refractivity contribution in [1.82, 2.24) is 18.7 Å². The first-order valence-electron chi connectivity index (χ1n) is 7.10. The van der Waals surface area contributed by atoms with E-state index in [9.17, 15) is 9.59 Å². The summed E-state index contributed by atoms with van der Waals surface area (Å²) in [4.78, 5) is 28.6. The largest absolute Gasteiger partial charge is 0.492 e. The van der Waals surface area contributed by atoms with E-state index in [0.717, 1.165) is 14.8 Å². The van der Waals surface area contributed by atoms with Crippen LogP contribution in [-0.4, -0.2) is 25.3 Å². The zero-order valence-electron chi connectivity index (χ0n) is 13.0. The molecule has 0 aliphatic heterocycles. The minimum absolute atomic E-state index is 0.244. The molecule has 0 saturated carbocycles. The van der Waals surface area contributed by atoms with Crippen molar-refractivity contribution in [3.8, 4) is 5.75 Å². The van der Waals surface area contributed by atoms with Crippen molar-refractivity contribution < 1.29 is 4.74 Å². The van der Waals surface area contributed by atoms with E-state index in [2.05, 4.69) is 36.8 Å². The molecule has 0 atom stereocenters. The maximum Gasteiger partial charge on any atom is 0.332 e. The van der Waals surface area contributed by atoms with Gasteiger partial charge in [0.25, 0.3) is 5.56 Å². The van der Waals surface area contributed by atoms with E-state index >= 15 is 0 Å². The normalized spacial score (nSPS) is 11.2. The van der Waals surface area contributed by atoms with Gasteiger partial charge in [0, 0.05) is 18.6 Å². The Morgan fingerprint density at radius 1 is 1.17 bits per heavy atom. The molecular formula is C15H14Br2N4O3. The first-order chi connectivity index (χ1) is 11.4. The molecule has 0 saturated heterocycles. The van der Waals surface area contributed by atoms with Crippen LogP contribution in [0.15, 0.2) is 43.1 Å². The predicted molar refractivity (Wildman–Crippen MR) is 97.6 cm³/mol. The number of hydrogen-bond acceptors (Lipinski definition) is 4. The third kappa shape index (κ3) is 2.93. The molecule has 3 aromatic rings. The molecular weight excluding hydrogens is 444 g/mol. The predicted octanol–water partition coefficient (Wildman–Crippen LogP) is 2.04. The second-order valence-corrected chi connectivity index (χ2v) is 6.84. The van der Waals surface area contributed by atoms with Crippen molar-refractivity contribution >= 4 is 43.0 Å². The Labute approximate surface area is 153 Å². The summed E-state index contributed by atoms with van der Waals surface area (Å²) < 4.78 is 11.3. The average molecular weight is 458 g/mol. The maximum atomic E-state index is 12.2. The molecule has 0 N–H and O–H groups in total. The highest BCUT2D eigenvalue weighted by atomic mass is 79.9. The van der Waals surface area contributed by atoms with Crippen LogP contribution in [0.25, 0.3) is 11.2 Å². The van der Waals surface area contributed by atoms with Gasteiger partial charge in [-0.15, -0.1) is 0 Å². The molecule has 0 amide bonds. The van der Waals surface area contributed by atoms with Gasteiger partial charge in [0.2, 0.25) is 0 Å². The van der Waals surface area contributed by atoms with E-state index in [4.69, 9.17) is 4.74 Å². The number of ether oxygens (including phenoxy) is 1. The molecule has 9 heteroatoms. The minimum atomic E-state index is -0.416. The van der Waals surface area contributed by atoms with E-state index < -0.39 is 11.2 Å². The summed E-state index contributed by atoms with van der Waals surface area (Å²) in [6.07, 6.45) is 0. The SMILES string of the molecule is Cn1c(=O)c2nc(Br)n(CCOc3cccc(Br)c3)c2n(C)c1=O. The molecule has 0 unspecified atom stereocenters. The van der Waals surface area contributed by atoms with E-state index in [1.807, 2.05) is 24.3 Å². The van der Waals surface area contributed by atoms with E-state index in [1.54, 1.807) is 11.6 Å². The Hall–Kier alpha value is -1.87. The number of aryl methyl sites for hydroxylation is 1. The highest BCUT2D eigenvalue weighted by Crippen LogP contribution is 2.19. The zero-order chi connectivity index (χ0) is 17.4. The first-order valence-corrected chi connectivity index (χ1v) is 8.69. The third-order valence-electron chi connectivity index (χ3n) is 3.67. The lowest BCUT2D eigenvalue weighted by Gasteiger charge is -2.11. The van der Waals surface area contributed by atoms with E-state index in [-0.39, 0.29) is 5.52 Å². The number of nitrogens with zero attached hydrogens (tertiary/aromatic N) is 4. The van der Waals surface area contributed by atoms with Crippen molar-refractivity contribution in [2.24, 2.45) is 14.1 Å². The quantitative estimate of drug-likeness (QED) is 0.562. The van der Waals surface area contributed by atoms with Crippen LogP contribution in [0.1, 0.15) is 0 Å². The van der Waals surface area contributed by atoms with Crippen LogP contribution in [0, 0.1) is 0 Å². The monoisotopic (exact) mass is 456 g/mol. The summed E-state index contributed by atoms with van der Waals surface area (Å²) in [5.41, 5.74) is -0.101. The highest BCUT2D eigenvalue weighted by Gasteiger charge is 2.17. The number of fused-ring (bicyclic) bond motifs is 1. The lowest BCUT2D eigenvalue weighted by atomic mass is 10.3. The van der Waals surface area contributed by atoms with Crippen LogP contribution in [-0.2, 0) is 20.6 Å². The smallest absolute Gasteiger partial charge is 0.332 e. The van der Waals surface area contributed by atoms with E-state index in [1.165, 1.54) is 11.6 Å². The summed E-state index contributed by atoms with van der Waals surface area (Å²) in [5, 5.41) is 0. The molecule has 24 heavy (non-hydrogen) atoms. The molecule has 2 heterocycles. The van der Waals surface area contributed by atoms with Crippen LogP contribution in [0.5, 0.6) is 5.75 Å². The first kappa shape index (κ1) is 17.0. The van der Waals surface area contributed by atoms with Crippen LogP contribution >= 0.6 is 31.9 Å². The van der Waals surface area contributed by atoms with Crippen LogP contribution in [0.2, 0.25) is 0 Å². The Kier molecular flexibility index (Phi) is 4.64. The molecule has 7 nitrogen and oxygen atoms in total. The zero-order valence-corrected chi connectivity index (χ0v) is 16.2. The molecule has 0 fully saturated rings. The number of imidazole rings is 1. The molecule has 0 aliphatic rings. The van der Waals surface area contributed by atoms with Crippen molar-refractivity contribution in [3.05, 3.63) is 54.3 Å². The molecule has 1 aromatic carbocycles. The van der Waals surface area contributed by atoms with Gasteiger partial charge in [0.05, 0.1) is 6.54 Å². The molecule has 0 spiro atoms. The fourth-order valence-electron chi connectivity index (χ4n) is 2.47. The van der Waals surface area contributed by atoms with Crippen molar-refractivity contribution in [1.29, 1.82) is 0 Å². The fraction of sp³-hybridized carbons (Fsp3) is 0.267. The number of hydrogen-bond donors (Lipinski definition) is 0. The Bertz CT molecular complexity index is 1040. The van der Waals surface area contributed by atoms with Crippen LogP contribution in [0.3, 0.4) is 0 Å². The van der Waals surface area contributed by atoms with Gasteiger partial charge in [-0.1, -0.05) is 22.0 Å². The standard InChI is InChI=1S/C15H14Br2N4O3/c1-19-12-11(13(22)20(2)15(19)23)18-14(17)21(12)6-7-24-10-5-3-4-9(16)8-10/h3-5,8H,6-7H2,1-2H3. The summed E-state index contributed by atoms with van der Waals surface area (Å²) in [6, 6.07) is 7.53. The summed E-state index contributed by atoms with van der Waals surface area (Å²) >= 11 is 6.74. The number of rotatable bonds is 4. The second-order valence-electron chi connectivity index (χ2n) is 5.22. The average Bonchev–Trinajstić information content (AvgIpc) is 2.88. The maximum absolute atomic E-state index is 12.2. The fourth-order valence-corrected chi connectivity index (χ4v) is 3.37. The van der Waals surface area contributed by atoms with E-state index in [0.29, 0.717) is 23.5 Å².